The molecule has 218 valence electrons. The predicted molar refractivity (Wildman–Crippen MR) is 165 cm³/mol. The van der Waals surface area contributed by atoms with Gasteiger partial charge in [-0.25, -0.2) is 9.29 Å². The van der Waals surface area contributed by atoms with Crippen molar-refractivity contribution in [1.29, 1.82) is 0 Å². The van der Waals surface area contributed by atoms with Crippen LogP contribution in [0.1, 0.15) is 12.0 Å². The fraction of sp³-hybridized carbons (Fsp3) is 0.121. The number of ether oxygens (including phenoxy) is 2. The van der Waals surface area contributed by atoms with E-state index in [-0.39, 0.29) is 22.2 Å². The predicted octanol–water partition coefficient (Wildman–Crippen LogP) is 6.40. The normalized spacial score (nSPS) is 12.9. The molecule has 0 bridgehead atoms. The van der Waals surface area contributed by atoms with E-state index in [0.717, 1.165) is 22.2 Å². The molecular formula is C33H28FN3O5S. The maximum Gasteiger partial charge on any atom is 0.283 e. The van der Waals surface area contributed by atoms with E-state index in [1.54, 1.807) is 42.5 Å². The van der Waals surface area contributed by atoms with Crippen LogP contribution in [0, 0.1) is 5.82 Å². The van der Waals surface area contributed by atoms with Crippen LogP contribution in [-0.2, 0) is 20.8 Å². The maximum atomic E-state index is 13.6. The second kappa shape index (κ2) is 13.3. The van der Waals surface area contributed by atoms with Crippen molar-refractivity contribution in [3.8, 4) is 11.5 Å². The molecule has 43 heavy (non-hydrogen) atoms. The van der Waals surface area contributed by atoms with Crippen LogP contribution in [0.5, 0.6) is 11.5 Å². The molecule has 0 fully saturated rings. The number of anilines is 3. The van der Waals surface area contributed by atoms with Gasteiger partial charge in [0.15, 0.2) is 0 Å². The summed E-state index contributed by atoms with van der Waals surface area (Å²) in [5.74, 6) is -0.796. The van der Waals surface area contributed by atoms with Gasteiger partial charge in [0.05, 0.1) is 25.6 Å². The lowest BCUT2D eigenvalue weighted by molar-refractivity contribution is -0.120. The molecule has 1 heterocycles. The molecule has 0 aliphatic carbocycles. The van der Waals surface area contributed by atoms with Gasteiger partial charge in [-0.3, -0.25) is 14.4 Å². The first-order valence-electron chi connectivity index (χ1n) is 13.4. The average molecular weight is 598 g/mol. The molecular weight excluding hydrogens is 569 g/mol. The Bertz CT molecular complexity index is 1680. The van der Waals surface area contributed by atoms with Crippen molar-refractivity contribution in [3.05, 3.63) is 119 Å². The molecule has 0 radical (unpaired) electrons. The largest absolute Gasteiger partial charge is 0.497 e. The third-order valence-corrected chi connectivity index (χ3v) is 7.73. The summed E-state index contributed by atoms with van der Waals surface area (Å²) in [6.45, 7) is 0. The summed E-state index contributed by atoms with van der Waals surface area (Å²) in [6.07, 6.45) is 0.970. The number of carbonyl (C=O) groups excluding carboxylic acids is 3. The zero-order valence-electron chi connectivity index (χ0n) is 23.4. The van der Waals surface area contributed by atoms with Crippen LogP contribution >= 0.6 is 11.8 Å². The molecule has 1 aliphatic heterocycles. The first-order chi connectivity index (χ1) is 20.9. The fourth-order valence-electron chi connectivity index (χ4n) is 4.43. The molecule has 0 unspecified atom stereocenters. The molecule has 10 heteroatoms. The highest BCUT2D eigenvalue weighted by Crippen LogP contribution is 2.40. The number of nitrogens with zero attached hydrogens (tertiary/aromatic N) is 1. The van der Waals surface area contributed by atoms with Gasteiger partial charge in [-0.2, -0.15) is 0 Å². The lowest BCUT2D eigenvalue weighted by Crippen LogP contribution is -2.32. The number of amides is 3. The van der Waals surface area contributed by atoms with Crippen LogP contribution in [0.3, 0.4) is 0 Å². The van der Waals surface area contributed by atoms with Gasteiger partial charge in [0.25, 0.3) is 11.8 Å². The Morgan fingerprint density at radius 1 is 0.860 bits per heavy atom. The molecule has 4 aromatic carbocycles. The number of rotatable bonds is 11. The highest BCUT2D eigenvalue weighted by atomic mass is 32.2. The molecule has 0 saturated heterocycles. The van der Waals surface area contributed by atoms with E-state index in [4.69, 9.17) is 9.47 Å². The van der Waals surface area contributed by atoms with E-state index >= 15 is 0 Å². The number of halogens is 1. The van der Waals surface area contributed by atoms with Gasteiger partial charge in [-0.15, -0.1) is 0 Å². The standard InChI is InChI=1S/C33H28FN3O5S/c1-41-25-15-18-27(28(20-25)42-2)36-30-31(33(40)37(32(30)39)24-13-9-22(34)10-14-24)43-26-16-11-23(12-17-26)35-29(38)19-8-21-6-4-3-5-7-21/h3-7,9-18,20,36H,8,19H2,1-2H3,(H,35,38). The van der Waals surface area contributed by atoms with Crippen molar-refractivity contribution in [3.63, 3.8) is 0 Å². The number of nitrogens with one attached hydrogen (secondary N) is 2. The molecule has 0 saturated carbocycles. The van der Waals surface area contributed by atoms with Gasteiger partial charge in [0.1, 0.15) is 27.9 Å². The van der Waals surface area contributed by atoms with E-state index in [0.29, 0.717) is 40.6 Å². The SMILES string of the molecule is COc1ccc(NC2=C(Sc3ccc(NC(=O)CCc4ccccc4)cc3)C(=O)N(c3ccc(F)cc3)C2=O)c(OC)c1. The van der Waals surface area contributed by atoms with E-state index < -0.39 is 17.6 Å². The summed E-state index contributed by atoms with van der Waals surface area (Å²) in [4.78, 5) is 41.6. The van der Waals surface area contributed by atoms with Crippen molar-refractivity contribution in [2.75, 3.05) is 29.8 Å². The highest BCUT2D eigenvalue weighted by molar-refractivity contribution is 8.04. The molecule has 8 nitrogen and oxygen atoms in total. The molecule has 2 N–H and O–H groups in total. The Morgan fingerprint density at radius 3 is 2.26 bits per heavy atom. The minimum atomic E-state index is -0.598. The first-order valence-corrected chi connectivity index (χ1v) is 14.2. The van der Waals surface area contributed by atoms with Crippen molar-refractivity contribution >= 4 is 46.5 Å². The lowest BCUT2D eigenvalue weighted by atomic mass is 10.1. The van der Waals surface area contributed by atoms with Gasteiger partial charge in [0.2, 0.25) is 5.91 Å². The summed E-state index contributed by atoms with van der Waals surface area (Å²) in [6, 6.07) is 26.9. The van der Waals surface area contributed by atoms with Gasteiger partial charge in [-0.1, -0.05) is 42.1 Å². The number of benzene rings is 4. The van der Waals surface area contributed by atoms with Crippen molar-refractivity contribution in [2.24, 2.45) is 0 Å². The first kappa shape index (κ1) is 29.4. The fourth-order valence-corrected chi connectivity index (χ4v) is 5.35. The van der Waals surface area contributed by atoms with E-state index in [1.807, 2.05) is 30.3 Å². The number of carbonyl (C=O) groups is 3. The Labute approximate surface area is 252 Å². The minimum absolute atomic E-state index is 0.0427. The van der Waals surface area contributed by atoms with Crippen molar-refractivity contribution in [2.45, 2.75) is 17.7 Å². The Morgan fingerprint density at radius 2 is 1.58 bits per heavy atom. The quantitative estimate of drug-likeness (QED) is 0.193. The molecule has 4 aromatic rings. The smallest absolute Gasteiger partial charge is 0.283 e. The highest BCUT2D eigenvalue weighted by Gasteiger charge is 2.40. The third kappa shape index (κ3) is 6.87. The second-order valence-electron chi connectivity index (χ2n) is 9.48. The summed E-state index contributed by atoms with van der Waals surface area (Å²) in [5, 5.41) is 5.96. The second-order valence-corrected chi connectivity index (χ2v) is 10.6. The van der Waals surface area contributed by atoms with Gasteiger partial charge in [0, 0.05) is 23.1 Å². The number of hydrogen-bond donors (Lipinski definition) is 2. The molecule has 3 amide bonds. The van der Waals surface area contributed by atoms with Gasteiger partial charge in [-0.05, 0) is 72.6 Å². The van der Waals surface area contributed by atoms with Crippen LogP contribution in [0.15, 0.2) is 113 Å². The number of aryl methyl sites for hydroxylation is 1. The van der Waals surface area contributed by atoms with Crippen LogP contribution < -0.4 is 25.0 Å². The van der Waals surface area contributed by atoms with Gasteiger partial charge < -0.3 is 20.1 Å². The number of hydrogen-bond acceptors (Lipinski definition) is 7. The van der Waals surface area contributed by atoms with Crippen LogP contribution in [0.25, 0.3) is 0 Å². The summed E-state index contributed by atoms with van der Waals surface area (Å²) < 4.78 is 24.3. The Kier molecular flexibility index (Phi) is 9.07. The van der Waals surface area contributed by atoms with Crippen molar-refractivity contribution < 1.29 is 28.2 Å². The summed E-state index contributed by atoms with van der Waals surface area (Å²) in [5.41, 5.74) is 2.42. The zero-order chi connectivity index (χ0) is 30.3. The summed E-state index contributed by atoms with van der Waals surface area (Å²) in [7, 11) is 3.01. The topological polar surface area (TPSA) is 97.0 Å². The molecule has 0 aromatic heterocycles. The molecule has 0 atom stereocenters. The molecule has 5 rings (SSSR count). The third-order valence-electron chi connectivity index (χ3n) is 6.64. The summed E-state index contributed by atoms with van der Waals surface area (Å²) >= 11 is 1.10. The number of imide groups is 1. The average Bonchev–Trinajstić information content (AvgIpc) is 3.25. The van der Waals surface area contributed by atoms with Crippen LogP contribution in [-0.4, -0.2) is 31.9 Å². The molecule has 1 aliphatic rings. The maximum absolute atomic E-state index is 13.6. The van der Waals surface area contributed by atoms with E-state index in [1.165, 1.54) is 38.5 Å². The van der Waals surface area contributed by atoms with E-state index in [9.17, 15) is 18.8 Å². The Hall–Kier alpha value is -5.09. The van der Waals surface area contributed by atoms with Crippen molar-refractivity contribution in [1.82, 2.24) is 0 Å². The zero-order valence-corrected chi connectivity index (χ0v) is 24.2. The van der Waals surface area contributed by atoms with Crippen LogP contribution in [0.4, 0.5) is 21.5 Å². The minimum Gasteiger partial charge on any atom is -0.497 e. The van der Waals surface area contributed by atoms with Crippen LogP contribution in [0.2, 0.25) is 0 Å². The van der Waals surface area contributed by atoms with E-state index in [2.05, 4.69) is 10.6 Å². The number of methoxy groups -OCH3 is 2. The lowest BCUT2D eigenvalue weighted by Gasteiger charge is -2.16. The number of thioether (sulfide) groups is 1. The monoisotopic (exact) mass is 597 g/mol. The van der Waals surface area contributed by atoms with Gasteiger partial charge >= 0.3 is 0 Å². The molecule has 0 spiro atoms. The Balaban J connectivity index is 1.37.